The minimum Gasteiger partial charge on any atom is -0.495 e. The molecule has 0 bridgehead atoms. The van der Waals surface area contributed by atoms with Gasteiger partial charge in [0.25, 0.3) is 10.0 Å². The second-order valence-corrected chi connectivity index (χ2v) is 8.97. The highest BCUT2D eigenvalue weighted by Crippen LogP contribution is 2.31. The average molecular weight is 440 g/mol. The number of nitrogens with one attached hydrogen (secondary N) is 1. The number of aromatic nitrogens is 1. The van der Waals surface area contributed by atoms with Crippen molar-refractivity contribution in [1.29, 1.82) is 0 Å². The van der Waals surface area contributed by atoms with Crippen LogP contribution in [-0.4, -0.2) is 33.0 Å². The Hall–Kier alpha value is -3.39. The highest BCUT2D eigenvalue weighted by atomic mass is 32.2. The number of carbonyl (C=O) groups is 1. The Balaban J connectivity index is 1.95. The number of rotatable bonds is 8. The summed E-state index contributed by atoms with van der Waals surface area (Å²) in [5, 5.41) is 2.76. The highest BCUT2D eigenvalue weighted by Gasteiger charge is 2.30. The first-order valence-corrected chi connectivity index (χ1v) is 11.1. The van der Waals surface area contributed by atoms with Crippen LogP contribution in [0.1, 0.15) is 16.7 Å². The maximum atomic E-state index is 13.6. The quantitative estimate of drug-likeness (QED) is 0.582. The van der Waals surface area contributed by atoms with Gasteiger partial charge >= 0.3 is 0 Å². The molecule has 7 nitrogen and oxygen atoms in total. The van der Waals surface area contributed by atoms with Gasteiger partial charge in [0.2, 0.25) is 5.91 Å². The first-order chi connectivity index (χ1) is 14.8. The number of carbonyl (C=O) groups excluding carboxylic acids is 1. The van der Waals surface area contributed by atoms with Crippen molar-refractivity contribution in [3.63, 3.8) is 0 Å². The van der Waals surface area contributed by atoms with E-state index >= 15 is 0 Å². The van der Waals surface area contributed by atoms with Crippen molar-refractivity contribution in [2.24, 2.45) is 0 Å². The Morgan fingerprint density at radius 1 is 1.06 bits per heavy atom. The molecule has 3 rings (SSSR count). The van der Waals surface area contributed by atoms with Crippen LogP contribution in [0, 0.1) is 13.8 Å². The Morgan fingerprint density at radius 2 is 1.84 bits per heavy atom. The molecule has 1 heterocycles. The van der Waals surface area contributed by atoms with Crippen LogP contribution in [0.4, 0.5) is 5.69 Å². The standard InChI is InChI=1S/C23H25N3O4S/c1-17-6-4-8-20(12-17)26(16-23(27)25-15-19-7-5-11-24-14-19)31(28,29)22-13-18(2)9-10-21(22)30-3/h4-14H,15-16H2,1-3H3,(H,25,27). The van der Waals surface area contributed by atoms with Crippen LogP contribution in [0.15, 0.2) is 71.9 Å². The number of anilines is 1. The van der Waals surface area contributed by atoms with Gasteiger partial charge in [-0.1, -0.05) is 24.3 Å². The molecule has 1 amide bonds. The molecule has 0 aliphatic heterocycles. The Labute approximate surface area is 182 Å². The number of amides is 1. The molecule has 0 aliphatic rings. The fraction of sp³-hybridized carbons (Fsp3) is 0.217. The Morgan fingerprint density at radius 3 is 2.52 bits per heavy atom. The van der Waals surface area contributed by atoms with Crippen LogP contribution in [0.3, 0.4) is 0 Å². The fourth-order valence-corrected chi connectivity index (χ4v) is 4.75. The van der Waals surface area contributed by atoms with Crippen molar-refractivity contribution in [2.75, 3.05) is 18.0 Å². The van der Waals surface area contributed by atoms with E-state index in [1.165, 1.54) is 7.11 Å². The van der Waals surface area contributed by atoms with E-state index in [-0.39, 0.29) is 23.7 Å². The van der Waals surface area contributed by atoms with Gasteiger partial charge in [0.1, 0.15) is 17.2 Å². The monoisotopic (exact) mass is 439 g/mol. The number of methoxy groups -OCH3 is 1. The Kier molecular flexibility index (Phi) is 6.91. The van der Waals surface area contributed by atoms with Gasteiger partial charge in [0.05, 0.1) is 12.8 Å². The van der Waals surface area contributed by atoms with Gasteiger partial charge in [-0.25, -0.2) is 8.42 Å². The molecular formula is C23H25N3O4S. The van der Waals surface area contributed by atoms with Crippen LogP contribution in [0.25, 0.3) is 0 Å². The third-order valence-corrected chi connectivity index (χ3v) is 6.47. The number of aryl methyl sites for hydroxylation is 2. The maximum Gasteiger partial charge on any atom is 0.268 e. The van der Waals surface area contributed by atoms with E-state index in [2.05, 4.69) is 10.3 Å². The third kappa shape index (κ3) is 5.40. The molecule has 0 atom stereocenters. The molecule has 1 aromatic heterocycles. The normalized spacial score (nSPS) is 11.1. The summed E-state index contributed by atoms with van der Waals surface area (Å²) in [6.07, 6.45) is 3.29. The van der Waals surface area contributed by atoms with Crippen molar-refractivity contribution >= 4 is 21.6 Å². The second kappa shape index (κ2) is 9.61. The number of hydrogen-bond acceptors (Lipinski definition) is 5. The van der Waals surface area contributed by atoms with Crippen molar-refractivity contribution < 1.29 is 17.9 Å². The van der Waals surface area contributed by atoms with Gasteiger partial charge in [-0.2, -0.15) is 0 Å². The predicted octanol–water partition coefficient (Wildman–Crippen LogP) is 3.22. The molecule has 3 aromatic rings. The molecule has 0 spiro atoms. The minimum atomic E-state index is -4.08. The molecule has 0 aliphatic carbocycles. The van der Waals surface area contributed by atoms with E-state index in [0.717, 1.165) is 21.0 Å². The van der Waals surface area contributed by atoms with Crippen molar-refractivity contribution in [2.45, 2.75) is 25.3 Å². The second-order valence-electron chi connectivity index (χ2n) is 7.14. The zero-order valence-electron chi connectivity index (χ0n) is 17.7. The van der Waals surface area contributed by atoms with E-state index in [4.69, 9.17) is 4.74 Å². The third-order valence-electron chi connectivity index (χ3n) is 4.68. The van der Waals surface area contributed by atoms with Crippen LogP contribution < -0.4 is 14.4 Å². The van der Waals surface area contributed by atoms with Gasteiger partial charge in [-0.05, 0) is 60.9 Å². The zero-order valence-corrected chi connectivity index (χ0v) is 18.5. The lowest BCUT2D eigenvalue weighted by atomic mass is 10.2. The van der Waals surface area contributed by atoms with Crippen molar-refractivity contribution in [3.8, 4) is 5.75 Å². The van der Waals surface area contributed by atoms with Gasteiger partial charge in [0, 0.05) is 18.9 Å². The van der Waals surface area contributed by atoms with E-state index in [1.54, 1.807) is 61.8 Å². The molecule has 2 aromatic carbocycles. The summed E-state index contributed by atoms with van der Waals surface area (Å²) in [5.41, 5.74) is 2.87. The summed E-state index contributed by atoms with van der Waals surface area (Å²) < 4.78 is 33.7. The van der Waals surface area contributed by atoms with Gasteiger partial charge in [0.15, 0.2) is 0 Å². The van der Waals surface area contributed by atoms with Crippen LogP contribution in [-0.2, 0) is 21.4 Å². The molecule has 31 heavy (non-hydrogen) atoms. The summed E-state index contributed by atoms with van der Waals surface area (Å²) in [6.45, 7) is 3.55. The van der Waals surface area contributed by atoms with Crippen LogP contribution in [0.2, 0.25) is 0 Å². The van der Waals surface area contributed by atoms with Gasteiger partial charge in [-0.3, -0.25) is 14.1 Å². The number of sulfonamides is 1. The minimum absolute atomic E-state index is 0.0107. The number of benzene rings is 2. The molecule has 0 saturated heterocycles. The zero-order chi connectivity index (χ0) is 22.4. The largest absolute Gasteiger partial charge is 0.495 e. The number of ether oxygens (including phenoxy) is 1. The maximum absolute atomic E-state index is 13.6. The summed E-state index contributed by atoms with van der Waals surface area (Å²) >= 11 is 0. The van der Waals surface area contributed by atoms with E-state index in [1.807, 2.05) is 19.1 Å². The summed E-state index contributed by atoms with van der Waals surface area (Å²) in [5.74, 6) is -0.209. The molecule has 8 heteroatoms. The van der Waals surface area contributed by atoms with Crippen LogP contribution in [0.5, 0.6) is 5.75 Å². The molecule has 162 valence electrons. The molecule has 1 N–H and O–H groups in total. The summed E-state index contributed by atoms with van der Waals surface area (Å²) in [7, 11) is -2.66. The Bertz CT molecular complexity index is 1160. The number of nitrogens with zero attached hydrogens (tertiary/aromatic N) is 2. The molecule has 0 saturated carbocycles. The van der Waals surface area contributed by atoms with Crippen LogP contribution >= 0.6 is 0 Å². The highest BCUT2D eigenvalue weighted by molar-refractivity contribution is 7.93. The molecule has 0 fully saturated rings. The lowest BCUT2D eigenvalue weighted by Gasteiger charge is -2.25. The van der Waals surface area contributed by atoms with Gasteiger partial charge in [-0.15, -0.1) is 0 Å². The fourth-order valence-electron chi connectivity index (χ4n) is 3.09. The SMILES string of the molecule is COc1ccc(C)cc1S(=O)(=O)N(CC(=O)NCc1cccnc1)c1cccc(C)c1. The summed E-state index contributed by atoms with van der Waals surface area (Å²) in [4.78, 5) is 16.7. The van der Waals surface area contributed by atoms with E-state index in [0.29, 0.717) is 5.69 Å². The van der Waals surface area contributed by atoms with Gasteiger partial charge < -0.3 is 10.1 Å². The number of pyridine rings is 1. The average Bonchev–Trinajstić information content (AvgIpc) is 2.76. The number of hydrogen-bond donors (Lipinski definition) is 1. The van der Waals surface area contributed by atoms with E-state index in [9.17, 15) is 13.2 Å². The first kappa shape index (κ1) is 22.3. The first-order valence-electron chi connectivity index (χ1n) is 9.71. The predicted molar refractivity (Wildman–Crippen MR) is 120 cm³/mol. The smallest absolute Gasteiger partial charge is 0.268 e. The molecule has 0 radical (unpaired) electrons. The van der Waals surface area contributed by atoms with Crippen molar-refractivity contribution in [3.05, 3.63) is 83.7 Å². The molecule has 0 unspecified atom stereocenters. The van der Waals surface area contributed by atoms with Crippen molar-refractivity contribution in [1.82, 2.24) is 10.3 Å². The summed E-state index contributed by atoms with van der Waals surface area (Å²) in [6, 6.07) is 15.6. The molecular weight excluding hydrogens is 414 g/mol. The van der Waals surface area contributed by atoms with E-state index < -0.39 is 15.9 Å². The topological polar surface area (TPSA) is 88.6 Å². The lowest BCUT2D eigenvalue weighted by Crippen LogP contribution is -2.40. The lowest BCUT2D eigenvalue weighted by molar-refractivity contribution is -0.119.